The summed E-state index contributed by atoms with van der Waals surface area (Å²) >= 11 is 0. The minimum Gasteiger partial charge on any atom is -0.450 e. The van der Waals surface area contributed by atoms with Gasteiger partial charge in [0.2, 0.25) is 0 Å². The summed E-state index contributed by atoms with van der Waals surface area (Å²) in [5.41, 5.74) is 5.15. The molecule has 2 aliphatic rings. The molecular formula is C54H70O4. The number of hydrogen-bond donors (Lipinski definition) is 0. The summed E-state index contributed by atoms with van der Waals surface area (Å²) in [5, 5.41) is 0. The normalized spacial score (nSPS) is 20.5. The zero-order valence-corrected chi connectivity index (χ0v) is 35.6. The predicted octanol–water partition coefficient (Wildman–Crippen LogP) is 15.5. The van der Waals surface area contributed by atoms with E-state index in [1.807, 2.05) is 84.9 Å². The molecule has 0 spiro atoms. The van der Waals surface area contributed by atoms with Crippen LogP contribution in [0.2, 0.25) is 0 Å². The van der Waals surface area contributed by atoms with Crippen molar-refractivity contribution in [1.82, 2.24) is 0 Å². The van der Waals surface area contributed by atoms with E-state index in [1.54, 1.807) is 0 Å². The SMILES string of the molecule is CCCCCCC[C@H]1CC[C@H](c2ccc(C(=O)OC(c3ccccc3)C(OC(=O)c3ccc([C@H]4CC[C@H](CCCCCCC)CC4)cc3)c3ccccc3)cc2)CC1. The van der Waals surface area contributed by atoms with Gasteiger partial charge in [-0.2, -0.15) is 0 Å². The van der Waals surface area contributed by atoms with Crippen molar-refractivity contribution >= 4 is 11.9 Å². The highest BCUT2D eigenvalue weighted by Gasteiger charge is 2.33. The van der Waals surface area contributed by atoms with Crippen molar-refractivity contribution in [1.29, 1.82) is 0 Å². The van der Waals surface area contributed by atoms with Crippen LogP contribution in [0.25, 0.3) is 0 Å². The molecule has 0 aliphatic heterocycles. The predicted molar refractivity (Wildman–Crippen MR) is 238 cm³/mol. The van der Waals surface area contributed by atoms with Crippen LogP contribution in [0.4, 0.5) is 0 Å². The molecule has 2 fully saturated rings. The van der Waals surface area contributed by atoms with E-state index in [9.17, 15) is 9.59 Å². The number of benzene rings is 4. The van der Waals surface area contributed by atoms with Gasteiger partial charge in [0.1, 0.15) is 0 Å². The van der Waals surface area contributed by atoms with Crippen molar-refractivity contribution in [2.24, 2.45) is 11.8 Å². The van der Waals surface area contributed by atoms with Gasteiger partial charge < -0.3 is 9.47 Å². The van der Waals surface area contributed by atoms with Crippen LogP contribution in [-0.4, -0.2) is 11.9 Å². The Morgan fingerprint density at radius 3 is 1.14 bits per heavy atom. The average molecular weight is 783 g/mol. The summed E-state index contributed by atoms with van der Waals surface area (Å²) in [6.07, 6.45) is 24.6. The maximum absolute atomic E-state index is 14.0. The monoisotopic (exact) mass is 783 g/mol. The first-order chi connectivity index (χ1) is 28.5. The van der Waals surface area contributed by atoms with E-state index in [0.717, 1.165) is 23.0 Å². The second kappa shape index (κ2) is 23.4. The Morgan fingerprint density at radius 1 is 0.448 bits per heavy atom. The lowest BCUT2D eigenvalue weighted by atomic mass is 9.77. The smallest absolute Gasteiger partial charge is 0.338 e. The van der Waals surface area contributed by atoms with Gasteiger partial charge in [0.05, 0.1) is 11.1 Å². The molecule has 0 bridgehead atoms. The molecule has 6 rings (SSSR count). The number of rotatable bonds is 21. The number of hydrogen-bond acceptors (Lipinski definition) is 4. The number of carbonyl (C=O) groups excluding carboxylic acids is 2. The van der Waals surface area contributed by atoms with Gasteiger partial charge in [0.15, 0.2) is 12.2 Å². The minimum atomic E-state index is -0.849. The topological polar surface area (TPSA) is 52.6 Å². The standard InChI is InChI=1S/C54H70O4/c1-3-5-7-9-13-19-41-25-29-43(30-26-41)45-33-37-49(38-34-45)53(55)57-51(47-21-15-11-16-22-47)52(48-23-17-12-18-24-48)58-54(56)50-39-35-46(36-40-50)44-31-27-42(28-32-44)20-14-10-8-6-4-2/h11-12,15-18,21-24,33-44,51-52H,3-10,13-14,19-20,25-32H2,1-2H3/t41-,42-,43-,44-,51?,52?. The first-order valence-electron chi connectivity index (χ1n) is 23.2. The average Bonchev–Trinajstić information content (AvgIpc) is 3.28. The molecule has 0 amide bonds. The Bertz CT molecular complexity index is 1620. The lowest BCUT2D eigenvalue weighted by Gasteiger charge is -2.29. The van der Waals surface area contributed by atoms with E-state index in [4.69, 9.17) is 9.47 Å². The Labute approximate surface area is 350 Å². The van der Waals surface area contributed by atoms with Gasteiger partial charge in [-0.25, -0.2) is 9.59 Å². The maximum atomic E-state index is 14.0. The summed E-state index contributed by atoms with van der Waals surface area (Å²) in [6, 6.07) is 35.4. The highest BCUT2D eigenvalue weighted by atomic mass is 16.6. The summed E-state index contributed by atoms with van der Waals surface area (Å²) < 4.78 is 12.7. The van der Waals surface area contributed by atoms with Crippen LogP contribution in [-0.2, 0) is 9.47 Å². The quantitative estimate of drug-likeness (QED) is 0.0624. The first kappa shape index (κ1) is 43.4. The highest BCUT2D eigenvalue weighted by Crippen LogP contribution is 2.41. The fourth-order valence-electron chi connectivity index (χ4n) is 9.69. The molecular weight excluding hydrogens is 713 g/mol. The van der Waals surface area contributed by atoms with Crippen molar-refractivity contribution in [3.8, 4) is 0 Å². The van der Waals surface area contributed by atoms with Crippen LogP contribution in [0.5, 0.6) is 0 Å². The summed E-state index contributed by atoms with van der Waals surface area (Å²) in [5.74, 6) is 1.94. The molecule has 4 aromatic rings. The zero-order chi connectivity index (χ0) is 40.4. The minimum absolute atomic E-state index is 0.431. The van der Waals surface area contributed by atoms with E-state index in [0.29, 0.717) is 23.0 Å². The van der Waals surface area contributed by atoms with Crippen LogP contribution in [0.3, 0.4) is 0 Å². The van der Waals surface area contributed by atoms with Crippen LogP contribution in [0.15, 0.2) is 109 Å². The van der Waals surface area contributed by atoms with Gasteiger partial charge in [-0.05, 0) is 122 Å². The van der Waals surface area contributed by atoms with Crippen LogP contribution >= 0.6 is 0 Å². The fourth-order valence-corrected chi connectivity index (χ4v) is 9.69. The van der Waals surface area contributed by atoms with Crippen LogP contribution < -0.4 is 0 Å². The van der Waals surface area contributed by atoms with Crippen LogP contribution in [0.1, 0.15) is 209 Å². The van der Waals surface area contributed by atoms with Crippen LogP contribution in [0, 0.1) is 11.8 Å². The maximum Gasteiger partial charge on any atom is 0.338 e. The number of unbranched alkanes of at least 4 members (excludes halogenated alkanes) is 8. The molecule has 4 heteroatoms. The number of ether oxygens (including phenoxy) is 2. The van der Waals surface area contributed by atoms with Gasteiger partial charge >= 0.3 is 11.9 Å². The largest absolute Gasteiger partial charge is 0.450 e. The molecule has 2 unspecified atom stereocenters. The van der Waals surface area contributed by atoms with E-state index in [1.165, 1.54) is 140 Å². The lowest BCUT2D eigenvalue weighted by Crippen LogP contribution is -2.23. The van der Waals surface area contributed by atoms with E-state index in [2.05, 4.69) is 38.1 Å². The lowest BCUT2D eigenvalue weighted by molar-refractivity contribution is -0.0388. The molecule has 0 heterocycles. The Balaban J connectivity index is 1.09. The second-order valence-electron chi connectivity index (χ2n) is 17.6. The van der Waals surface area contributed by atoms with Crippen molar-refractivity contribution in [3.05, 3.63) is 143 Å². The first-order valence-corrected chi connectivity index (χ1v) is 23.2. The van der Waals surface area contributed by atoms with Gasteiger partial charge in [-0.1, -0.05) is 176 Å². The van der Waals surface area contributed by atoms with Gasteiger partial charge in [-0.15, -0.1) is 0 Å². The van der Waals surface area contributed by atoms with Gasteiger partial charge in [-0.3, -0.25) is 0 Å². The molecule has 0 N–H and O–H groups in total. The Morgan fingerprint density at radius 2 is 0.793 bits per heavy atom. The van der Waals surface area contributed by atoms with Gasteiger partial charge in [0, 0.05) is 0 Å². The third kappa shape index (κ3) is 12.9. The molecule has 58 heavy (non-hydrogen) atoms. The van der Waals surface area contributed by atoms with Crippen molar-refractivity contribution in [2.75, 3.05) is 0 Å². The molecule has 4 aromatic carbocycles. The zero-order valence-electron chi connectivity index (χ0n) is 35.6. The molecule has 2 aliphatic carbocycles. The van der Waals surface area contributed by atoms with Crippen molar-refractivity contribution < 1.29 is 19.1 Å². The molecule has 2 saturated carbocycles. The molecule has 310 valence electrons. The van der Waals surface area contributed by atoms with Crippen molar-refractivity contribution in [3.63, 3.8) is 0 Å². The molecule has 2 atom stereocenters. The van der Waals surface area contributed by atoms with Crippen molar-refractivity contribution in [2.45, 2.75) is 166 Å². The summed E-state index contributed by atoms with van der Waals surface area (Å²) in [4.78, 5) is 27.9. The third-order valence-electron chi connectivity index (χ3n) is 13.4. The van der Waals surface area contributed by atoms with Gasteiger partial charge in [0.25, 0.3) is 0 Å². The second-order valence-corrected chi connectivity index (χ2v) is 17.6. The molecule has 4 nitrogen and oxygen atoms in total. The van der Waals surface area contributed by atoms with E-state index < -0.39 is 24.1 Å². The number of carbonyl (C=O) groups is 2. The van der Waals surface area contributed by atoms with E-state index >= 15 is 0 Å². The summed E-state index contributed by atoms with van der Waals surface area (Å²) in [7, 11) is 0. The Hall–Kier alpha value is -4.18. The third-order valence-corrected chi connectivity index (χ3v) is 13.4. The molecule has 0 aromatic heterocycles. The molecule has 0 saturated heterocycles. The molecule has 0 radical (unpaired) electrons. The highest BCUT2D eigenvalue weighted by molar-refractivity contribution is 5.90. The van der Waals surface area contributed by atoms with E-state index in [-0.39, 0.29) is 0 Å². The fraction of sp³-hybridized carbons (Fsp3) is 0.519. The number of esters is 2. The summed E-state index contributed by atoms with van der Waals surface area (Å²) in [6.45, 7) is 4.56. The Kier molecular flexibility index (Phi) is 17.5.